The Morgan fingerprint density at radius 1 is 1.00 bits per heavy atom. The van der Waals surface area contributed by atoms with E-state index in [2.05, 4.69) is 0 Å². The number of halogens is 3. The number of carboxylic acid groups (broad SMARTS) is 2. The van der Waals surface area contributed by atoms with Gasteiger partial charge < -0.3 is 24.7 Å². The van der Waals surface area contributed by atoms with Gasteiger partial charge in [0.15, 0.2) is 0 Å². The lowest BCUT2D eigenvalue weighted by Crippen LogP contribution is -2.50. The number of benzene rings is 1. The van der Waals surface area contributed by atoms with Gasteiger partial charge >= 0.3 is 24.2 Å². The van der Waals surface area contributed by atoms with Gasteiger partial charge in [0, 0.05) is 37.8 Å². The second-order valence-electron chi connectivity index (χ2n) is 8.62. The van der Waals surface area contributed by atoms with E-state index in [0.717, 1.165) is 6.07 Å². The Balaban J connectivity index is 2.26. The highest BCUT2D eigenvalue weighted by atomic mass is 19.4. The molecule has 0 radical (unpaired) electrons. The standard InChI is InChI=1S/C21H27F3N2O6/c1-20(2,3)32-19(31)26-8-6-25(7-9-26)16-5-4-13(10-15(16)21(22,23)24)14(11-17(27)28)12-18(29)30/h4-5,10,14H,6-9,11-12H2,1-3H3,(H,27,28)(H,29,30). The minimum atomic E-state index is -4.73. The van der Waals surface area contributed by atoms with Crippen LogP contribution in [0.5, 0.6) is 0 Å². The van der Waals surface area contributed by atoms with Gasteiger partial charge in [-0.25, -0.2) is 4.79 Å². The van der Waals surface area contributed by atoms with Crippen LogP contribution in [0.15, 0.2) is 18.2 Å². The number of anilines is 1. The second-order valence-corrected chi connectivity index (χ2v) is 8.62. The summed E-state index contributed by atoms with van der Waals surface area (Å²) in [6.07, 6.45) is -6.46. The molecule has 32 heavy (non-hydrogen) atoms. The summed E-state index contributed by atoms with van der Waals surface area (Å²) in [6, 6.07) is 3.39. The highest BCUT2D eigenvalue weighted by molar-refractivity contribution is 5.73. The van der Waals surface area contributed by atoms with E-state index < -0.39 is 54.1 Å². The van der Waals surface area contributed by atoms with Crippen molar-refractivity contribution >= 4 is 23.7 Å². The number of carbonyl (C=O) groups excluding carboxylic acids is 1. The van der Waals surface area contributed by atoms with Crippen molar-refractivity contribution in [3.63, 3.8) is 0 Å². The lowest BCUT2D eigenvalue weighted by atomic mass is 9.90. The third-order valence-corrected chi connectivity index (χ3v) is 4.91. The number of rotatable bonds is 6. The van der Waals surface area contributed by atoms with Crippen LogP contribution in [0, 0.1) is 0 Å². The van der Waals surface area contributed by atoms with E-state index in [1.165, 1.54) is 21.9 Å². The largest absolute Gasteiger partial charge is 0.481 e. The van der Waals surface area contributed by atoms with Crippen molar-refractivity contribution in [2.24, 2.45) is 0 Å². The lowest BCUT2D eigenvalue weighted by molar-refractivity contribution is -0.139. The molecule has 0 unspecified atom stereocenters. The number of carbonyl (C=O) groups is 3. The highest BCUT2D eigenvalue weighted by Crippen LogP contribution is 2.39. The Bertz CT molecular complexity index is 842. The third-order valence-electron chi connectivity index (χ3n) is 4.91. The average molecular weight is 460 g/mol. The van der Waals surface area contributed by atoms with Crippen molar-refractivity contribution in [1.82, 2.24) is 4.90 Å². The lowest BCUT2D eigenvalue weighted by Gasteiger charge is -2.37. The van der Waals surface area contributed by atoms with E-state index in [1.807, 2.05) is 0 Å². The summed E-state index contributed by atoms with van der Waals surface area (Å²) >= 11 is 0. The van der Waals surface area contributed by atoms with Crippen molar-refractivity contribution in [1.29, 1.82) is 0 Å². The molecule has 1 aliphatic rings. The summed E-state index contributed by atoms with van der Waals surface area (Å²) in [5, 5.41) is 18.0. The zero-order chi connectivity index (χ0) is 24.3. The summed E-state index contributed by atoms with van der Waals surface area (Å²) in [7, 11) is 0. The minimum absolute atomic E-state index is 0.00161. The third kappa shape index (κ3) is 7.03. The fourth-order valence-corrected chi connectivity index (χ4v) is 3.50. The van der Waals surface area contributed by atoms with E-state index in [9.17, 15) is 27.6 Å². The maximum atomic E-state index is 13.8. The summed E-state index contributed by atoms with van der Waals surface area (Å²) < 4.78 is 46.8. The topological polar surface area (TPSA) is 107 Å². The van der Waals surface area contributed by atoms with Gasteiger partial charge in [0.2, 0.25) is 0 Å². The molecule has 1 saturated heterocycles. The van der Waals surface area contributed by atoms with Crippen LogP contribution in [0.1, 0.15) is 50.7 Å². The molecule has 0 spiro atoms. The molecule has 0 atom stereocenters. The fourth-order valence-electron chi connectivity index (χ4n) is 3.50. The van der Waals surface area contributed by atoms with Crippen LogP contribution in [-0.4, -0.2) is 64.9 Å². The molecule has 11 heteroatoms. The normalized spacial score (nSPS) is 15.1. The Kier molecular flexibility index (Phi) is 7.63. The monoisotopic (exact) mass is 460 g/mol. The molecule has 8 nitrogen and oxygen atoms in total. The molecule has 1 fully saturated rings. The van der Waals surface area contributed by atoms with Gasteiger partial charge in [0.1, 0.15) is 5.60 Å². The molecular formula is C21H27F3N2O6. The van der Waals surface area contributed by atoms with E-state index >= 15 is 0 Å². The van der Waals surface area contributed by atoms with Gasteiger partial charge in [0.05, 0.1) is 18.4 Å². The molecule has 1 aromatic carbocycles. The van der Waals surface area contributed by atoms with Crippen molar-refractivity contribution in [3.8, 4) is 0 Å². The SMILES string of the molecule is CC(C)(C)OC(=O)N1CCN(c2ccc(C(CC(=O)O)CC(=O)O)cc2C(F)(F)F)CC1. The van der Waals surface area contributed by atoms with Crippen LogP contribution in [0.25, 0.3) is 0 Å². The smallest absolute Gasteiger partial charge is 0.418 e. The molecule has 2 rings (SSSR count). The van der Waals surface area contributed by atoms with E-state index in [4.69, 9.17) is 14.9 Å². The Morgan fingerprint density at radius 3 is 1.97 bits per heavy atom. The van der Waals surface area contributed by atoms with Gasteiger partial charge in [-0.3, -0.25) is 9.59 Å². The first-order valence-corrected chi connectivity index (χ1v) is 10.0. The van der Waals surface area contributed by atoms with E-state index in [1.54, 1.807) is 20.8 Å². The van der Waals surface area contributed by atoms with Crippen molar-refractivity contribution < 1.29 is 42.5 Å². The summed E-state index contributed by atoms with van der Waals surface area (Å²) in [5.74, 6) is -3.69. The first-order valence-electron chi connectivity index (χ1n) is 10.0. The molecule has 1 aliphatic heterocycles. The zero-order valence-electron chi connectivity index (χ0n) is 18.1. The Hall–Kier alpha value is -2.98. The van der Waals surface area contributed by atoms with Crippen LogP contribution in [-0.2, 0) is 20.5 Å². The highest BCUT2D eigenvalue weighted by Gasteiger charge is 2.37. The van der Waals surface area contributed by atoms with Crippen molar-refractivity contribution in [2.75, 3.05) is 31.1 Å². The van der Waals surface area contributed by atoms with Gasteiger partial charge in [-0.2, -0.15) is 13.2 Å². The molecule has 0 aromatic heterocycles. The molecule has 1 amide bonds. The molecular weight excluding hydrogens is 433 g/mol. The maximum Gasteiger partial charge on any atom is 0.418 e. The summed E-state index contributed by atoms with van der Waals surface area (Å²) in [6.45, 7) is 5.81. The molecule has 0 aliphatic carbocycles. The average Bonchev–Trinajstić information content (AvgIpc) is 2.64. The molecule has 2 N–H and O–H groups in total. The number of alkyl halides is 3. The van der Waals surface area contributed by atoms with Gasteiger partial charge in [-0.15, -0.1) is 0 Å². The maximum absolute atomic E-state index is 13.8. The zero-order valence-corrected chi connectivity index (χ0v) is 18.1. The first kappa shape index (κ1) is 25.3. The van der Waals surface area contributed by atoms with Gasteiger partial charge in [-0.1, -0.05) is 6.07 Å². The van der Waals surface area contributed by atoms with Gasteiger partial charge in [-0.05, 0) is 38.5 Å². The molecule has 0 saturated carbocycles. The molecule has 178 valence electrons. The van der Waals surface area contributed by atoms with E-state index in [-0.39, 0.29) is 37.4 Å². The Morgan fingerprint density at radius 2 is 1.53 bits per heavy atom. The number of amides is 1. The van der Waals surface area contributed by atoms with Crippen LogP contribution >= 0.6 is 0 Å². The van der Waals surface area contributed by atoms with Crippen LogP contribution < -0.4 is 4.90 Å². The number of carboxylic acids is 2. The number of hydrogen-bond acceptors (Lipinski definition) is 5. The summed E-state index contributed by atoms with van der Waals surface area (Å²) in [4.78, 5) is 37.2. The number of piperazine rings is 1. The van der Waals surface area contributed by atoms with Gasteiger partial charge in [0.25, 0.3) is 0 Å². The second kappa shape index (κ2) is 9.66. The molecule has 1 aromatic rings. The molecule has 0 bridgehead atoms. The fraction of sp³-hybridized carbons (Fsp3) is 0.571. The number of nitrogens with zero attached hydrogens (tertiary/aromatic N) is 2. The van der Waals surface area contributed by atoms with Crippen LogP contribution in [0.4, 0.5) is 23.7 Å². The first-order chi connectivity index (χ1) is 14.7. The quantitative estimate of drug-likeness (QED) is 0.665. The predicted octanol–water partition coefficient (Wildman–Crippen LogP) is 3.80. The van der Waals surface area contributed by atoms with Crippen LogP contribution in [0.2, 0.25) is 0 Å². The summed E-state index contributed by atoms with van der Waals surface area (Å²) in [5.41, 5.74) is -1.76. The molecule has 1 heterocycles. The van der Waals surface area contributed by atoms with E-state index in [0.29, 0.717) is 0 Å². The minimum Gasteiger partial charge on any atom is -0.481 e. The van der Waals surface area contributed by atoms with Crippen molar-refractivity contribution in [2.45, 2.75) is 51.3 Å². The van der Waals surface area contributed by atoms with Crippen molar-refractivity contribution in [3.05, 3.63) is 29.3 Å². The van der Waals surface area contributed by atoms with Crippen LogP contribution in [0.3, 0.4) is 0 Å². The number of ether oxygens (including phenoxy) is 1. The number of hydrogen-bond donors (Lipinski definition) is 2. The predicted molar refractivity (Wildman–Crippen MR) is 109 cm³/mol. The Labute approximate surface area is 183 Å². The number of aliphatic carboxylic acids is 2.